The summed E-state index contributed by atoms with van der Waals surface area (Å²) in [5, 5.41) is 7.74. The molecule has 1 aromatic rings. The smallest absolute Gasteiger partial charge is 0.227 e. The number of halogens is 1. The van der Waals surface area contributed by atoms with Crippen molar-refractivity contribution in [1.82, 2.24) is 15.4 Å². The Morgan fingerprint density at radius 2 is 1.91 bits per heavy atom. The average Bonchev–Trinajstić information content (AvgIpc) is 3.08. The van der Waals surface area contributed by atoms with Crippen molar-refractivity contribution in [2.45, 2.75) is 76.9 Å². The lowest BCUT2D eigenvalue weighted by atomic mass is 9.97. The molecule has 1 N–H and O–H groups in total. The third kappa shape index (κ3) is 3.72. The van der Waals surface area contributed by atoms with Gasteiger partial charge in [0, 0.05) is 37.2 Å². The maximum Gasteiger partial charge on any atom is 0.227 e. The summed E-state index contributed by atoms with van der Waals surface area (Å²) in [6.07, 6.45) is 6.71. The first-order valence-corrected chi connectivity index (χ1v) is 8.60. The Morgan fingerprint density at radius 3 is 2.48 bits per heavy atom. The molecular formula is C17H28ClN3O2. The van der Waals surface area contributed by atoms with Gasteiger partial charge in [-0.2, -0.15) is 0 Å². The van der Waals surface area contributed by atoms with Crippen molar-refractivity contribution >= 4 is 18.3 Å². The summed E-state index contributed by atoms with van der Waals surface area (Å²) >= 11 is 0. The van der Waals surface area contributed by atoms with Gasteiger partial charge in [-0.3, -0.25) is 4.79 Å². The Morgan fingerprint density at radius 1 is 1.26 bits per heavy atom. The number of aryl methyl sites for hydroxylation is 2. The second-order valence-corrected chi connectivity index (χ2v) is 6.68. The highest BCUT2D eigenvalue weighted by Crippen LogP contribution is 2.29. The predicted molar refractivity (Wildman–Crippen MR) is 91.9 cm³/mol. The summed E-state index contributed by atoms with van der Waals surface area (Å²) in [4.78, 5) is 14.7. The number of nitrogens with one attached hydrogen (secondary N) is 1. The van der Waals surface area contributed by atoms with E-state index in [9.17, 15) is 4.79 Å². The van der Waals surface area contributed by atoms with Crippen LogP contribution in [-0.2, 0) is 24.1 Å². The fourth-order valence-electron chi connectivity index (χ4n) is 3.96. The van der Waals surface area contributed by atoms with Gasteiger partial charge in [-0.05, 0) is 32.1 Å². The first kappa shape index (κ1) is 18.3. The van der Waals surface area contributed by atoms with E-state index in [1.54, 1.807) is 0 Å². The SMILES string of the molecule is CCc1noc(CC)c1CC(=O)N(C)C1CC2CCC(C1)N2.Cl. The number of fused-ring (bicyclic) bond motifs is 2. The number of amides is 1. The summed E-state index contributed by atoms with van der Waals surface area (Å²) in [6, 6.07) is 1.58. The Hall–Kier alpha value is -1.07. The molecule has 1 aromatic heterocycles. The van der Waals surface area contributed by atoms with Crippen molar-refractivity contribution in [3.8, 4) is 0 Å². The van der Waals surface area contributed by atoms with Gasteiger partial charge in [0.1, 0.15) is 5.76 Å². The van der Waals surface area contributed by atoms with Crippen molar-refractivity contribution in [2.75, 3.05) is 7.05 Å². The maximum absolute atomic E-state index is 12.7. The Kier molecular flexibility index (Phi) is 6.09. The van der Waals surface area contributed by atoms with Crippen molar-refractivity contribution < 1.29 is 9.32 Å². The molecule has 3 heterocycles. The highest BCUT2D eigenvalue weighted by molar-refractivity contribution is 5.85. The topological polar surface area (TPSA) is 58.4 Å². The van der Waals surface area contributed by atoms with Gasteiger partial charge in [-0.15, -0.1) is 12.4 Å². The first-order chi connectivity index (χ1) is 10.6. The zero-order valence-electron chi connectivity index (χ0n) is 14.3. The molecule has 0 aromatic carbocycles. The number of likely N-dealkylation sites (N-methyl/N-ethyl adjacent to an activating group) is 1. The summed E-state index contributed by atoms with van der Waals surface area (Å²) in [5.74, 6) is 1.06. The molecule has 6 heteroatoms. The van der Waals surface area contributed by atoms with Gasteiger partial charge in [0.05, 0.1) is 12.1 Å². The molecule has 2 fully saturated rings. The van der Waals surface area contributed by atoms with Crippen LogP contribution in [-0.4, -0.2) is 41.1 Å². The van der Waals surface area contributed by atoms with E-state index in [2.05, 4.69) is 17.4 Å². The molecule has 5 nitrogen and oxygen atoms in total. The van der Waals surface area contributed by atoms with Crippen LogP contribution in [0.25, 0.3) is 0 Å². The van der Waals surface area contributed by atoms with E-state index in [-0.39, 0.29) is 18.3 Å². The van der Waals surface area contributed by atoms with Crippen LogP contribution in [0, 0.1) is 0 Å². The van der Waals surface area contributed by atoms with Crippen LogP contribution < -0.4 is 5.32 Å². The molecule has 2 atom stereocenters. The third-order valence-electron chi connectivity index (χ3n) is 5.32. The predicted octanol–water partition coefficient (Wildman–Crippen LogP) is 2.51. The van der Waals surface area contributed by atoms with Gasteiger partial charge >= 0.3 is 0 Å². The largest absolute Gasteiger partial charge is 0.361 e. The van der Waals surface area contributed by atoms with Crippen LogP contribution in [0.4, 0.5) is 0 Å². The summed E-state index contributed by atoms with van der Waals surface area (Å²) in [5.41, 5.74) is 1.95. The molecule has 2 bridgehead atoms. The van der Waals surface area contributed by atoms with Gasteiger partial charge < -0.3 is 14.7 Å². The number of aromatic nitrogens is 1. The number of hydrogen-bond donors (Lipinski definition) is 1. The highest BCUT2D eigenvalue weighted by atomic mass is 35.5. The maximum atomic E-state index is 12.7. The van der Waals surface area contributed by atoms with Gasteiger partial charge in [0.25, 0.3) is 0 Å². The van der Waals surface area contributed by atoms with E-state index in [1.807, 2.05) is 18.9 Å². The van der Waals surface area contributed by atoms with E-state index in [4.69, 9.17) is 4.52 Å². The Balaban J connectivity index is 0.00000192. The van der Waals surface area contributed by atoms with Crippen molar-refractivity contribution in [3.63, 3.8) is 0 Å². The van der Waals surface area contributed by atoms with Crippen LogP contribution in [0.3, 0.4) is 0 Å². The number of nitrogens with zero attached hydrogens (tertiary/aromatic N) is 2. The first-order valence-electron chi connectivity index (χ1n) is 8.60. The minimum Gasteiger partial charge on any atom is -0.361 e. The number of rotatable bonds is 5. The zero-order valence-corrected chi connectivity index (χ0v) is 15.1. The lowest BCUT2D eigenvalue weighted by Crippen LogP contribution is -2.49. The monoisotopic (exact) mass is 341 g/mol. The van der Waals surface area contributed by atoms with E-state index in [0.717, 1.165) is 42.7 Å². The third-order valence-corrected chi connectivity index (χ3v) is 5.32. The van der Waals surface area contributed by atoms with Crippen LogP contribution in [0.15, 0.2) is 4.52 Å². The number of piperidine rings is 1. The van der Waals surface area contributed by atoms with Gasteiger partial charge in [0.15, 0.2) is 0 Å². The minimum atomic E-state index is 0. The van der Waals surface area contributed by atoms with E-state index in [1.165, 1.54) is 12.8 Å². The van der Waals surface area contributed by atoms with E-state index in [0.29, 0.717) is 24.5 Å². The molecule has 3 rings (SSSR count). The van der Waals surface area contributed by atoms with E-state index < -0.39 is 0 Å². The molecule has 1 amide bonds. The van der Waals surface area contributed by atoms with Crippen LogP contribution in [0.2, 0.25) is 0 Å². The average molecular weight is 342 g/mol. The number of carbonyl (C=O) groups excluding carboxylic acids is 1. The molecule has 2 aliphatic heterocycles. The van der Waals surface area contributed by atoms with Gasteiger partial charge in [0.2, 0.25) is 5.91 Å². The molecular weight excluding hydrogens is 314 g/mol. The normalized spacial score (nSPS) is 26.0. The summed E-state index contributed by atoms with van der Waals surface area (Å²) in [6.45, 7) is 4.10. The second kappa shape index (κ2) is 7.67. The number of hydrogen-bond acceptors (Lipinski definition) is 4. The quantitative estimate of drug-likeness (QED) is 0.894. The lowest BCUT2D eigenvalue weighted by Gasteiger charge is -2.35. The lowest BCUT2D eigenvalue weighted by molar-refractivity contribution is -0.132. The molecule has 0 spiro atoms. The Labute approximate surface area is 144 Å². The van der Waals surface area contributed by atoms with Crippen LogP contribution in [0.1, 0.15) is 56.5 Å². The van der Waals surface area contributed by atoms with Crippen LogP contribution >= 0.6 is 12.4 Å². The van der Waals surface area contributed by atoms with Crippen LogP contribution in [0.5, 0.6) is 0 Å². The second-order valence-electron chi connectivity index (χ2n) is 6.68. The zero-order chi connectivity index (χ0) is 15.7. The molecule has 23 heavy (non-hydrogen) atoms. The van der Waals surface area contributed by atoms with Gasteiger partial charge in [-0.25, -0.2) is 0 Å². The fourth-order valence-corrected chi connectivity index (χ4v) is 3.96. The molecule has 2 unspecified atom stereocenters. The van der Waals surface area contributed by atoms with Crippen molar-refractivity contribution in [1.29, 1.82) is 0 Å². The summed E-state index contributed by atoms with van der Waals surface area (Å²) in [7, 11) is 1.96. The Bertz CT molecular complexity index is 512. The molecule has 130 valence electrons. The minimum absolute atomic E-state index is 0. The van der Waals surface area contributed by atoms with Crippen molar-refractivity contribution in [3.05, 3.63) is 17.0 Å². The standard InChI is InChI=1S/C17H27N3O2.ClH/c1-4-15-14(16(5-2)22-19-15)10-17(21)20(3)13-8-11-6-7-12(9-13)18-11;/h11-13,18H,4-10H2,1-3H3;1H. The summed E-state index contributed by atoms with van der Waals surface area (Å²) < 4.78 is 5.38. The number of carbonyl (C=O) groups is 1. The molecule has 0 radical (unpaired) electrons. The molecule has 2 saturated heterocycles. The fraction of sp³-hybridized carbons (Fsp3) is 0.765. The molecule has 0 aliphatic carbocycles. The van der Waals surface area contributed by atoms with E-state index >= 15 is 0 Å². The van der Waals surface area contributed by atoms with Gasteiger partial charge in [-0.1, -0.05) is 19.0 Å². The highest BCUT2D eigenvalue weighted by Gasteiger charge is 2.36. The molecule has 2 aliphatic rings. The molecule has 0 saturated carbocycles. The van der Waals surface area contributed by atoms with Crippen molar-refractivity contribution in [2.24, 2.45) is 0 Å².